The van der Waals surface area contributed by atoms with E-state index in [4.69, 9.17) is 9.47 Å². The van der Waals surface area contributed by atoms with Crippen molar-refractivity contribution in [2.45, 2.75) is 6.42 Å². The van der Waals surface area contributed by atoms with Crippen molar-refractivity contribution in [1.29, 1.82) is 0 Å². The molecule has 0 spiro atoms. The summed E-state index contributed by atoms with van der Waals surface area (Å²) >= 11 is 1.43. The van der Waals surface area contributed by atoms with E-state index in [2.05, 4.69) is 5.32 Å². The highest BCUT2D eigenvalue weighted by molar-refractivity contribution is 7.12. The minimum absolute atomic E-state index is 0.0399. The lowest BCUT2D eigenvalue weighted by molar-refractivity contribution is 0.0958. The highest BCUT2D eigenvalue weighted by atomic mass is 32.1. The van der Waals surface area contributed by atoms with Gasteiger partial charge in [0.15, 0.2) is 0 Å². The largest absolute Gasteiger partial charge is 0.497 e. The van der Waals surface area contributed by atoms with Gasteiger partial charge in [-0.1, -0.05) is 6.07 Å². The van der Waals surface area contributed by atoms with Gasteiger partial charge in [0.05, 0.1) is 19.1 Å². The van der Waals surface area contributed by atoms with Gasteiger partial charge in [0.1, 0.15) is 11.5 Å². The summed E-state index contributed by atoms with van der Waals surface area (Å²) in [5.41, 5.74) is 1.01. The Morgan fingerprint density at radius 1 is 1.25 bits per heavy atom. The van der Waals surface area contributed by atoms with E-state index in [0.717, 1.165) is 21.9 Å². The van der Waals surface area contributed by atoms with Crippen LogP contribution in [0.2, 0.25) is 0 Å². The molecule has 106 valence electrons. The number of thiophene rings is 1. The van der Waals surface area contributed by atoms with Crippen LogP contribution in [0.5, 0.6) is 11.5 Å². The van der Waals surface area contributed by atoms with Crippen molar-refractivity contribution < 1.29 is 14.3 Å². The van der Waals surface area contributed by atoms with Crippen molar-refractivity contribution in [3.05, 3.63) is 46.2 Å². The molecule has 0 aliphatic heterocycles. The third kappa shape index (κ3) is 3.51. The molecule has 0 saturated carbocycles. The van der Waals surface area contributed by atoms with E-state index in [1.165, 1.54) is 11.3 Å². The number of amides is 1. The van der Waals surface area contributed by atoms with E-state index < -0.39 is 0 Å². The predicted molar refractivity (Wildman–Crippen MR) is 79.9 cm³/mol. The Kier molecular flexibility index (Phi) is 5.01. The van der Waals surface area contributed by atoms with E-state index in [1.54, 1.807) is 14.2 Å². The predicted octanol–water partition coefficient (Wildman–Crippen LogP) is 2.74. The number of carbonyl (C=O) groups excluding carboxylic acids is 1. The number of hydrogen-bond acceptors (Lipinski definition) is 4. The number of ether oxygens (including phenoxy) is 2. The monoisotopic (exact) mass is 291 g/mol. The van der Waals surface area contributed by atoms with Gasteiger partial charge < -0.3 is 14.8 Å². The van der Waals surface area contributed by atoms with E-state index >= 15 is 0 Å². The lowest BCUT2D eigenvalue weighted by atomic mass is 10.1. The first-order chi connectivity index (χ1) is 9.74. The summed E-state index contributed by atoms with van der Waals surface area (Å²) in [7, 11) is 3.26. The third-order valence-electron chi connectivity index (χ3n) is 2.91. The summed E-state index contributed by atoms with van der Waals surface area (Å²) in [6.07, 6.45) is 0.692. The Labute approximate surface area is 122 Å². The molecule has 2 aromatic rings. The Morgan fingerprint density at radius 3 is 2.75 bits per heavy atom. The molecule has 0 unspecified atom stereocenters. The second-order valence-corrected chi connectivity index (χ2v) is 5.11. The van der Waals surface area contributed by atoms with Crippen LogP contribution in [0.15, 0.2) is 35.7 Å². The molecule has 0 fully saturated rings. The van der Waals surface area contributed by atoms with Crippen molar-refractivity contribution in [2.75, 3.05) is 20.8 Å². The molecule has 0 aliphatic rings. The van der Waals surface area contributed by atoms with Crippen molar-refractivity contribution >= 4 is 17.2 Å². The van der Waals surface area contributed by atoms with Gasteiger partial charge in [0, 0.05) is 6.54 Å². The SMILES string of the molecule is COc1ccc(OC)c(CCNC(=O)c2cccs2)c1. The maximum absolute atomic E-state index is 11.8. The van der Waals surface area contributed by atoms with E-state index in [-0.39, 0.29) is 5.91 Å². The average molecular weight is 291 g/mol. The molecule has 2 rings (SSSR count). The number of hydrogen-bond donors (Lipinski definition) is 1. The summed E-state index contributed by atoms with van der Waals surface area (Å²) in [5.74, 6) is 1.54. The number of benzene rings is 1. The highest BCUT2D eigenvalue weighted by Crippen LogP contribution is 2.24. The standard InChI is InChI=1S/C15H17NO3S/c1-18-12-5-6-13(19-2)11(10-12)7-8-16-15(17)14-4-3-9-20-14/h3-6,9-10H,7-8H2,1-2H3,(H,16,17). The van der Waals surface area contributed by atoms with Crippen molar-refractivity contribution in [2.24, 2.45) is 0 Å². The molecule has 1 N–H and O–H groups in total. The smallest absolute Gasteiger partial charge is 0.261 e. The van der Waals surface area contributed by atoms with Gasteiger partial charge in [-0.3, -0.25) is 4.79 Å². The Hall–Kier alpha value is -2.01. The van der Waals surface area contributed by atoms with Gasteiger partial charge >= 0.3 is 0 Å². The summed E-state index contributed by atoms with van der Waals surface area (Å²) < 4.78 is 10.5. The first kappa shape index (κ1) is 14.4. The zero-order valence-electron chi connectivity index (χ0n) is 11.5. The molecule has 0 aliphatic carbocycles. The fourth-order valence-corrected chi connectivity index (χ4v) is 2.52. The average Bonchev–Trinajstić information content (AvgIpc) is 3.01. The molecular weight excluding hydrogens is 274 g/mol. The molecular formula is C15H17NO3S. The highest BCUT2D eigenvalue weighted by Gasteiger charge is 2.08. The summed E-state index contributed by atoms with van der Waals surface area (Å²) in [5, 5.41) is 4.79. The van der Waals surface area contributed by atoms with Crippen molar-refractivity contribution in [3.8, 4) is 11.5 Å². The van der Waals surface area contributed by atoms with Gasteiger partial charge in [-0.25, -0.2) is 0 Å². The van der Waals surface area contributed by atoms with Crippen molar-refractivity contribution in [1.82, 2.24) is 5.32 Å². The Bertz CT molecular complexity index is 567. The van der Waals surface area contributed by atoms with E-state index in [1.807, 2.05) is 35.7 Å². The topological polar surface area (TPSA) is 47.6 Å². The number of carbonyl (C=O) groups is 1. The summed E-state index contributed by atoms with van der Waals surface area (Å²) in [6, 6.07) is 9.33. The Morgan fingerprint density at radius 2 is 2.10 bits per heavy atom. The second-order valence-electron chi connectivity index (χ2n) is 4.16. The van der Waals surface area contributed by atoms with Crippen LogP contribution in [0.25, 0.3) is 0 Å². The van der Waals surface area contributed by atoms with Crippen LogP contribution >= 0.6 is 11.3 Å². The second kappa shape index (κ2) is 6.96. The van der Waals surface area contributed by atoms with Gasteiger partial charge in [-0.15, -0.1) is 11.3 Å². The minimum Gasteiger partial charge on any atom is -0.497 e. The van der Waals surface area contributed by atoms with Gasteiger partial charge in [0.25, 0.3) is 5.91 Å². The molecule has 1 aromatic heterocycles. The van der Waals surface area contributed by atoms with Crippen LogP contribution in [0.4, 0.5) is 0 Å². The number of rotatable bonds is 6. The molecule has 0 atom stereocenters. The fraction of sp³-hybridized carbons (Fsp3) is 0.267. The molecule has 20 heavy (non-hydrogen) atoms. The molecule has 5 heteroatoms. The zero-order chi connectivity index (χ0) is 14.4. The first-order valence-electron chi connectivity index (χ1n) is 6.27. The minimum atomic E-state index is -0.0399. The van der Waals surface area contributed by atoms with Crippen LogP contribution < -0.4 is 14.8 Å². The molecule has 1 heterocycles. The molecule has 1 aromatic carbocycles. The maximum Gasteiger partial charge on any atom is 0.261 e. The van der Waals surface area contributed by atoms with Crippen LogP contribution in [-0.4, -0.2) is 26.7 Å². The summed E-state index contributed by atoms with van der Waals surface area (Å²) in [6.45, 7) is 0.556. The molecule has 4 nitrogen and oxygen atoms in total. The normalized spacial score (nSPS) is 10.1. The van der Waals surface area contributed by atoms with Gasteiger partial charge in [-0.2, -0.15) is 0 Å². The van der Waals surface area contributed by atoms with Crippen LogP contribution in [-0.2, 0) is 6.42 Å². The number of nitrogens with one attached hydrogen (secondary N) is 1. The quantitative estimate of drug-likeness (QED) is 0.890. The molecule has 0 bridgehead atoms. The van der Waals surface area contributed by atoms with Gasteiger partial charge in [0.2, 0.25) is 0 Å². The fourth-order valence-electron chi connectivity index (χ4n) is 1.88. The lowest BCUT2D eigenvalue weighted by Gasteiger charge is -2.10. The third-order valence-corrected chi connectivity index (χ3v) is 3.78. The molecule has 0 radical (unpaired) electrons. The van der Waals surface area contributed by atoms with Gasteiger partial charge in [-0.05, 0) is 41.6 Å². The van der Waals surface area contributed by atoms with Crippen LogP contribution in [0.3, 0.4) is 0 Å². The van der Waals surface area contributed by atoms with E-state index in [0.29, 0.717) is 13.0 Å². The lowest BCUT2D eigenvalue weighted by Crippen LogP contribution is -2.24. The number of methoxy groups -OCH3 is 2. The summed E-state index contributed by atoms with van der Waals surface area (Å²) in [4.78, 5) is 12.5. The van der Waals surface area contributed by atoms with Crippen molar-refractivity contribution in [3.63, 3.8) is 0 Å². The molecule has 1 amide bonds. The van der Waals surface area contributed by atoms with E-state index in [9.17, 15) is 4.79 Å². The zero-order valence-corrected chi connectivity index (χ0v) is 12.3. The van der Waals surface area contributed by atoms with Crippen LogP contribution in [0, 0.1) is 0 Å². The molecule has 0 saturated heterocycles. The first-order valence-corrected chi connectivity index (χ1v) is 7.15. The maximum atomic E-state index is 11.8. The van der Waals surface area contributed by atoms with Crippen LogP contribution in [0.1, 0.15) is 15.2 Å². The Balaban J connectivity index is 1.95.